The molecule has 0 saturated carbocycles. The Morgan fingerprint density at radius 1 is 1.10 bits per heavy atom. The van der Waals surface area contributed by atoms with Gasteiger partial charge in [-0.2, -0.15) is 11.8 Å². The van der Waals surface area contributed by atoms with Crippen molar-refractivity contribution < 1.29 is 4.92 Å². The van der Waals surface area contributed by atoms with Gasteiger partial charge < -0.3 is 5.32 Å². The third-order valence-electron chi connectivity index (χ3n) is 3.35. The molecule has 0 heterocycles. The summed E-state index contributed by atoms with van der Waals surface area (Å²) in [6.45, 7) is 2.10. The van der Waals surface area contributed by atoms with E-state index < -0.39 is 0 Å². The summed E-state index contributed by atoms with van der Waals surface area (Å²) in [6, 6.07) is 13.5. The minimum absolute atomic E-state index is 0.131. The first-order chi connectivity index (χ1) is 10.1. The van der Waals surface area contributed by atoms with Crippen molar-refractivity contribution >= 4 is 23.1 Å². The zero-order valence-electron chi connectivity index (χ0n) is 12.1. The highest BCUT2D eigenvalue weighted by Crippen LogP contribution is 2.31. The smallest absolute Gasteiger partial charge is 0.292 e. The Hall–Kier alpha value is -2.01. The van der Waals surface area contributed by atoms with Crippen LogP contribution in [-0.2, 0) is 11.5 Å². The topological polar surface area (TPSA) is 55.2 Å². The first-order valence-electron chi connectivity index (χ1n) is 6.69. The van der Waals surface area contributed by atoms with E-state index in [-0.39, 0.29) is 10.6 Å². The van der Waals surface area contributed by atoms with Crippen LogP contribution in [0.3, 0.4) is 0 Å². The van der Waals surface area contributed by atoms with Gasteiger partial charge in [-0.05, 0) is 23.6 Å². The number of hydrogen-bond donors (Lipinski definition) is 1. The lowest BCUT2D eigenvalue weighted by Gasteiger charge is -2.10. The summed E-state index contributed by atoms with van der Waals surface area (Å²) in [4.78, 5) is 10.7. The largest absolute Gasteiger partial charge is 0.382 e. The van der Waals surface area contributed by atoms with Gasteiger partial charge in [-0.3, -0.25) is 10.1 Å². The van der Waals surface area contributed by atoms with Crippen LogP contribution in [-0.4, -0.2) is 12.0 Å². The molecule has 2 rings (SSSR count). The predicted octanol–water partition coefficient (Wildman–Crippen LogP) is 4.38. The zero-order chi connectivity index (χ0) is 15.2. The molecule has 5 heteroatoms. The lowest BCUT2D eigenvalue weighted by Crippen LogP contribution is -2.00. The molecule has 0 aliphatic rings. The van der Waals surface area contributed by atoms with E-state index in [1.165, 1.54) is 17.2 Å². The molecule has 0 aliphatic carbocycles. The molecule has 2 aromatic rings. The average Bonchev–Trinajstić information content (AvgIpc) is 2.48. The minimum atomic E-state index is -0.346. The number of hydrogen-bond acceptors (Lipinski definition) is 4. The van der Waals surface area contributed by atoms with Crippen LogP contribution < -0.4 is 5.32 Å². The maximum atomic E-state index is 11.0. The van der Waals surface area contributed by atoms with E-state index in [0.29, 0.717) is 5.69 Å². The fourth-order valence-corrected chi connectivity index (χ4v) is 3.30. The Bertz CT molecular complexity index is 644. The Kier molecular flexibility index (Phi) is 5.22. The van der Waals surface area contributed by atoms with Crippen LogP contribution in [0.4, 0.5) is 11.4 Å². The normalized spacial score (nSPS) is 10.4. The lowest BCUT2D eigenvalue weighted by molar-refractivity contribution is -0.384. The van der Waals surface area contributed by atoms with E-state index >= 15 is 0 Å². The average molecular weight is 302 g/mol. The minimum Gasteiger partial charge on any atom is -0.382 e. The standard InChI is InChI=1S/C16H18N2O2S/c1-12-6-3-4-7-13(12)10-21-11-14-8-5-9-15(18(19)20)16(14)17-2/h3-9,17H,10-11H2,1-2H3. The van der Waals surface area contributed by atoms with Crippen LogP contribution in [0.25, 0.3) is 0 Å². The highest BCUT2D eigenvalue weighted by molar-refractivity contribution is 7.97. The van der Waals surface area contributed by atoms with Crippen LogP contribution in [0.1, 0.15) is 16.7 Å². The molecule has 21 heavy (non-hydrogen) atoms. The zero-order valence-corrected chi connectivity index (χ0v) is 12.9. The van der Waals surface area contributed by atoms with Crippen LogP contribution in [0.15, 0.2) is 42.5 Å². The van der Waals surface area contributed by atoms with E-state index in [2.05, 4.69) is 24.4 Å². The summed E-state index contributed by atoms with van der Waals surface area (Å²) in [5, 5.41) is 14.0. The summed E-state index contributed by atoms with van der Waals surface area (Å²) in [6.07, 6.45) is 0. The third kappa shape index (κ3) is 3.76. The number of benzene rings is 2. The van der Waals surface area contributed by atoms with Gasteiger partial charge in [-0.1, -0.05) is 36.4 Å². The summed E-state index contributed by atoms with van der Waals surface area (Å²) < 4.78 is 0. The number of nitrogens with one attached hydrogen (secondary N) is 1. The van der Waals surface area contributed by atoms with Gasteiger partial charge in [0.05, 0.1) is 4.92 Å². The van der Waals surface area contributed by atoms with Crippen molar-refractivity contribution in [3.8, 4) is 0 Å². The summed E-state index contributed by atoms with van der Waals surface area (Å²) >= 11 is 1.76. The number of nitrogens with zero attached hydrogens (tertiary/aromatic N) is 1. The molecule has 1 N–H and O–H groups in total. The van der Waals surface area contributed by atoms with Crippen molar-refractivity contribution in [1.29, 1.82) is 0 Å². The van der Waals surface area contributed by atoms with Crippen LogP contribution in [0.5, 0.6) is 0 Å². The highest BCUT2D eigenvalue weighted by Gasteiger charge is 2.15. The van der Waals surface area contributed by atoms with Crippen LogP contribution in [0, 0.1) is 17.0 Å². The molecule has 2 aromatic carbocycles. The van der Waals surface area contributed by atoms with Crippen molar-refractivity contribution in [3.05, 3.63) is 69.3 Å². The monoisotopic (exact) mass is 302 g/mol. The molecule has 0 fully saturated rings. The van der Waals surface area contributed by atoms with Gasteiger partial charge in [-0.15, -0.1) is 0 Å². The van der Waals surface area contributed by atoms with E-state index in [4.69, 9.17) is 0 Å². The fraction of sp³-hybridized carbons (Fsp3) is 0.250. The number of aryl methyl sites for hydroxylation is 1. The van der Waals surface area contributed by atoms with Crippen molar-refractivity contribution in [3.63, 3.8) is 0 Å². The molecule has 0 aliphatic heterocycles. The first kappa shape index (κ1) is 15.4. The molecular weight excluding hydrogens is 284 g/mol. The van der Waals surface area contributed by atoms with E-state index in [1.54, 1.807) is 24.9 Å². The first-order valence-corrected chi connectivity index (χ1v) is 7.85. The molecule has 4 nitrogen and oxygen atoms in total. The van der Waals surface area contributed by atoms with Gasteiger partial charge in [0.25, 0.3) is 5.69 Å². The number of anilines is 1. The number of thioether (sulfide) groups is 1. The van der Waals surface area contributed by atoms with Crippen molar-refractivity contribution in [2.24, 2.45) is 0 Å². The molecule has 110 valence electrons. The third-order valence-corrected chi connectivity index (χ3v) is 4.38. The van der Waals surface area contributed by atoms with Gasteiger partial charge in [-0.25, -0.2) is 0 Å². The SMILES string of the molecule is CNc1c(CSCc2ccccc2C)cccc1[N+](=O)[O-]. The van der Waals surface area contributed by atoms with Crippen LogP contribution >= 0.6 is 11.8 Å². The lowest BCUT2D eigenvalue weighted by atomic mass is 10.1. The summed E-state index contributed by atoms with van der Waals surface area (Å²) in [5.41, 5.74) is 4.29. The van der Waals surface area contributed by atoms with Gasteiger partial charge >= 0.3 is 0 Å². The number of nitro benzene ring substituents is 1. The number of para-hydroxylation sites is 1. The second kappa shape index (κ2) is 7.13. The van der Waals surface area contributed by atoms with E-state index in [9.17, 15) is 10.1 Å². The van der Waals surface area contributed by atoms with Crippen molar-refractivity contribution in [1.82, 2.24) is 0 Å². The molecule has 0 atom stereocenters. The van der Waals surface area contributed by atoms with Crippen molar-refractivity contribution in [2.75, 3.05) is 12.4 Å². The molecule has 0 bridgehead atoms. The van der Waals surface area contributed by atoms with Crippen molar-refractivity contribution in [2.45, 2.75) is 18.4 Å². The van der Waals surface area contributed by atoms with Gasteiger partial charge in [0, 0.05) is 24.6 Å². The molecule has 0 amide bonds. The molecular formula is C16H18N2O2S. The quantitative estimate of drug-likeness (QED) is 0.635. The van der Waals surface area contributed by atoms with Gasteiger partial charge in [0.1, 0.15) is 5.69 Å². The molecule has 0 radical (unpaired) electrons. The number of rotatable bonds is 6. The second-order valence-corrected chi connectivity index (χ2v) is 5.72. The van der Waals surface area contributed by atoms with E-state index in [0.717, 1.165) is 17.1 Å². The van der Waals surface area contributed by atoms with Gasteiger partial charge in [0.15, 0.2) is 0 Å². The van der Waals surface area contributed by atoms with Gasteiger partial charge in [0.2, 0.25) is 0 Å². The Labute approximate surface area is 128 Å². The second-order valence-electron chi connectivity index (χ2n) is 4.74. The predicted molar refractivity (Wildman–Crippen MR) is 88.8 cm³/mol. The Morgan fingerprint density at radius 2 is 1.76 bits per heavy atom. The molecule has 0 aromatic heterocycles. The maximum absolute atomic E-state index is 11.0. The number of nitro groups is 1. The maximum Gasteiger partial charge on any atom is 0.292 e. The summed E-state index contributed by atoms with van der Waals surface area (Å²) in [5.74, 6) is 1.64. The highest BCUT2D eigenvalue weighted by atomic mass is 32.2. The Balaban J connectivity index is 2.08. The Morgan fingerprint density at radius 3 is 2.43 bits per heavy atom. The summed E-state index contributed by atoms with van der Waals surface area (Å²) in [7, 11) is 1.72. The molecule has 0 saturated heterocycles. The fourth-order valence-electron chi connectivity index (χ4n) is 2.19. The molecule has 0 unspecified atom stereocenters. The van der Waals surface area contributed by atoms with E-state index in [1.807, 2.05) is 18.2 Å². The van der Waals surface area contributed by atoms with Crippen LogP contribution in [0.2, 0.25) is 0 Å². The molecule has 0 spiro atoms.